The van der Waals surface area contributed by atoms with Crippen LogP contribution in [-0.4, -0.2) is 41.4 Å². The Bertz CT molecular complexity index is 441. The number of aryl methyl sites for hydroxylation is 2. The molecule has 1 unspecified atom stereocenters. The van der Waals surface area contributed by atoms with Crippen molar-refractivity contribution in [1.82, 2.24) is 20.4 Å². The molecule has 1 aliphatic rings. The molecule has 7 heteroatoms. The van der Waals surface area contributed by atoms with Crippen LogP contribution in [0.3, 0.4) is 0 Å². The highest BCUT2D eigenvalue weighted by Crippen LogP contribution is 2.20. The smallest absolute Gasteiger partial charge is 0.258 e. The van der Waals surface area contributed by atoms with E-state index in [1.54, 1.807) is 4.68 Å². The topological polar surface area (TPSA) is 68.2 Å². The van der Waals surface area contributed by atoms with Crippen molar-refractivity contribution >= 4 is 18.3 Å². The number of carbonyl (C=O) groups is 1. The summed E-state index contributed by atoms with van der Waals surface area (Å²) in [5, 5.41) is 10.4. The van der Waals surface area contributed by atoms with Crippen molar-refractivity contribution in [2.24, 2.45) is 7.05 Å². The Morgan fingerprint density at radius 2 is 2.32 bits per heavy atom. The van der Waals surface area contributed by atoms with Crippen molar-refractivity contribution in [3.05, 3.63) is 11.4 Å². The van der Waals surface area contributed by atoms with Gasteiger partial charge in [-0.15, -0.1) is 12.4 Å². The molecular weight excluding hydrogens is 268 g/mol. The summed E-state index contributed by atoms with van der Waals surface area (Å²) in [5.74, 6) is 0.628. The highest BCUT2D eigenvalue weighted by molar-refractivity contribution is 5.85. The summed E-state index contributed by atoms with van der Waals surface area (Å²) in [6.07, 6.45) is 0.983. The molecule has 1 atom stereocenters. The van der Waals surface area contributed by atoms with Crippen molar-refractivity contribution < 1.29 is 9.53 Å². The van der Waals surface area contributed by atoms with Gasteiger partial charge in [-0.25, -0.2) is 0 Å². The van der Waals surface area contributed by atoms with E-state index in [0.29, 0.717) is 5.75 Å². The third-order valence-corrected chi connectivity index (χ3v) is 3.22. The van der Waals surface area contributed by atoms with E-state index in [-0.39, 0.29) is 31.0 Å². The van der Waals surface area contributed by atoms with Gasteiger partial charge in [-0.1, -0.05) is 0 Å². The van der Waals surface area contributed by atoms with Gasteiger partial charge in [0.25, 0.3) is 5.91 Å². The number of nitrogens with zero attached hydrogens (tertiary/aromatic N) is 2. The summed E-state index contributed by atoms with van der Waals surface area (Å²) in [7, 11) is 1.86. The fourth-order valence-corrected chi connectivity index (χ4v) is 2.15. The molecule has 1 fully saturated rings. The van der Waals surface area contributed by atoms with E-state index < -0.39 is 0 Å². The quantitative estimate of drug-likeness (QED) is 0.837. The van der Waals surface area contributed by atoms with Gasteiger partial charge in [0, 0.05) is 19.6 Å². The average Bonchev–Trinajstić information content (AvgIpc) is 2.88. The minimum Gasteiger partial charge on any atom is -0.480 e. The molecule has 0 aliphatic carbocycles. The van der Waals surface area contributed by atoms with E-state index in [4.69, 9.17) is 4.74 Å². The maximum atomic E-state index is 11.7. The SMILES string of the molecule is Cc1nn(C)c(C)c1OCC(=O)NC1CCNC1.Cl. The molecule has 1 aromatic heterocycles. The first-order valence-corrected chi connectivity index (χ1v) is 6.21. The molecule has 1 aliphatic heterocycles. The first-order valence-electron chi connectivity index (χ1n) is 6.21. The van der Waals surface area contributed by atoms with Crippen LogP contribution in [0.15, 0.2) is 0 Å². The van der Waals surface area contributed by atoms with Crippen LogP contribution in [0, 0.1) is 13.8 Å². The molecule has 6 nitrogen and oxygen atoms in total. The monoisotopic (exact) mass is 288 g/mol. The number of aromatic nitrogens is 2. The van der Waals surface area contributed by atoms with Gasteiger partial charge in [0.2, 0.25) is 0 Å². The van der Waals surface area contributed by atoms with E-state index >= 15 is 0 Å². The molecule has 1 aromatic rings. The standard InChI is InChI=1S/C12H20N4O2.ClH/c1-8-12(9(2)16(3)15-8)18-7-11(17)14-10-4-5-13-6-10;/h10,13H,4-7H2,1-3H3,(H,14,17);1H. The number of hydrogen-bond acceptors (Lipinski definition) is 4. The third-order valence-electron chi connectivity index (χ3n) is 3.22. The molecule has 0 radical (unpaired) electrons. The van der Waals surface area contributed by atoms with Gasteiger partial charge in [0.05, 0.1) is 5.69 Å². The van der Waals surface area contributed by atoms with E-state index in [1.165, 1.54) is 0 Å². The number of nitrogens with one attached hydrogen (secondary N) is 2. The Hall–Kier alpha value is -1.27. The van der Waals surface area contributed by atoms with E-state index in [9.17, 15) is 4.79 Å². The van der Waals surface area contributed by atoms with Gasteiger partial charge in [-0.3, -0.25) is 9.48 Å². The lowest BCUT2D eigenvalue weighted by molar-refractivity contribution is -0.123. The zero-order valence-corrected chi connectivity index (χ0v) is 12.3. The Morgan fingerprint density at radius 1 is 1.58 bits per heavy atom. The molecule has 19 heavy (non-hydrogen) atoms. The number of amides is 1. The Morgan fingerprint density at radius 3 is 2.84 bits per heavy atom. The Balaban J connectivity index is 0.00000180. The fraction of sp³-hybridized carbons (Fsp3) is 0.667. The molecule has 0 spiro atoms. The first kappa shape index (κ1) is 15.8. The number of halogens is 1. The van der Waals surface area contributed by atoms with Gasteiger partial charge < -0.3 is 15.4 Å². The highest BCUT2D eigenvalue weighted by Gasteiger charge is 2.18. The van der Waals surface area contributed by atoms with Crippen LogP contribution in [0.2, 0.25) is 0 Å². The summed E-state index contributed by atoms with van der Waals surface area (Å²) in [5.41, 5.74) is 1.74. The molecule has 2 heterocycles. The van der Waals surface area contributed by atoms with Gasteiger partial charge in [0.1, 0.15) is 5.69 Å². The summed E-state index contributed by atoms with van der Waals surface area (Å²) in [6.45, 7) is 5.66. The minimum atomic E-state index is -0.0775. The molecule has 0 bridgehead atoms. The maximum Gasteiger partial charge on any atom is 0.258 e. The number of ether oxygens (including phenoxy) is 1. The molecular formula is C12H21ClN4O2. The number of carbonyl (C=O) groups excluding carboxylic acids is 1. The predicted molar refractivity (Wildman–Crippen MR) is 74.8 cm³/mol. The normalized spacial score (nSPS) is 17.9. The van der Waals surface area contributed by atoms with Gasteiger partial charge in [0.15, 0.2) is 12.4 Å². The lowest BCUT2D eigenvalue weighted by atomic mass is 10.2. The summed E-state index contributed by atoms with van der Waals surface area (Å²) >= 11 is 0. The Labute approximate surface area is 119 Å². The van der Waals surface area contributed by atoms with E-state index in [2.05, 4.69) is 15.7 Å². The van der Waals surface area contributed by atoms with Crippen LogP contribution < -0.4 is 15.4 Å². The zero-order chi connectivity index (χ0) is 13.1. The van der Waals surface area contributed by atoms with E-state index in [1.807, 2.05) is 20.9 Å². The van der Waals surface area contributed by atoms with Crippen molar-refractivity contribution in [3.63, 3.8) is 0 Å². The zero-order valence-electron chi connectivity index (χ0n) is 11.5. The first-order chi connectivity index (χ1) is 8.58. The van der Waals surface area contributed by atoms with Crippen molar-refractivity contribution in [3.8, 4) is 5.75 Å². The molecule has 0 saturated carbocycles. The molecule has 1 saturated heterocycles. The third kappa shape index (κ3) is 3.84. The van der Waals surface area contributed by atoms with Gasteiger partial charge >= 0.3 is 0 Å². The lowest BCUT2D eigenvalue weighted by Crippen LogP contribution is -2.39. The number of hydrogen-bond donors (Lipinski definition) is 2. The second-order valence-electron chi connectivity index (χ2n) is 4.67. The summed E-state index contributed by atoms with van der Waals surface area (Å²) < 4.78 is 7.30. The van der Waals surface area contributed by atoms with Crippen molar-refractivity contribution in [1.29, 1.82) is 0 Å². The molecule has 2 rings (SSSR count). The van der Waals surface area contributed by atoms with Crippen LogP contribution >= 0.6 is 12.4 Å². The van der Waals surface area contributed by atoms with Crippen LogP contribution in [-0.2, 0) is 11.8 Å². The van der Waals surface area contributed by atoms with Crippen LogP contribution in [0.25, 0.3) is 0 Å². The molecule has 2 N–H and O–H groups in total. The molecule has 0 aromatic carbocycles. The van der Waals surface area contributed by atoms with Crippen LogP contribution in [0.5, 0.6) is 5.75 Å². The molecule has 108 valence electrons. The fourth-order valence-electron chi connectivity index (χ4n) is 2.15. The summed E-state index contributed by atoms with van der Waals surface area (Å²) in [4.78, 5) is 11.7. The lowest BCUT2D eigenvalue weighted by Gasteiger charge is -2.12. The van der Waals surface area contributed by atoms with Gasteiger partial charge in [-0.05, 0) is 26.8 Å². The Kier molecular flexibility index (Phi) is 5.62. The van der Waals surface area contributed by atoms with Crippen LogP contribution in [0.4, 0.5) is 0 Å². The van der Waals surface area contributed by atoms with Gasteiger partial charge in [-0.2, -0.15) is 5.10 Å². The highest BCUT2D eigenvalue weighted by atomic mass is 35.5. The van der Waals surface area contributed by atoms with E-state index in [0.717, 1.165) is 30.9 Å². The van der Waals surface area contributed by atoms with Crippen LogP contribution in [0.1, 0.15) is 17.8 Å². The predicted octanol–water partition coefficient (Wildman–Crippen LogP) is 0.316. The minimum absolute atomic E-state index is 0. The van der Waals surface area contributed by atoms with Crippen molar-refractivity contribution in [2.45, 2.75) is 26.3 Å². The van der Waals surface area contributed by atoms with Crippen molar-refractivity contribution in [2.75, 3.05) is 19.7 Å². The summed E-state index contributed by atoms with van der Waals surface area (Å²) in [6, 6.07) is 0.234. The average molecular weight is 289 g/mol. The second-order valence-corrected chi connectivity index (χ2v) is 4.67. The second kappa shape index (κ2) is 6.77. The largest absolute Gasteiger partial charge is 0.480 e. The number of rotatable bonds is 4. The maximum absolute atomic E-state index is 11.7. The molecule has 1 amide bonds.